The fourth-order valence-electron chi connectivity index (χ4n) is 8.38. The highest BCUT2D eigenvalue weighted by Crippen LogP contribution is 2.46. The maximum absolute atomic E-state index is 6.68. The molecule has 3 aromatic heterocycles. The summed E-state index contributed by atoms with van der Waals surface area (Å²) in [5, 5.41) is 5.46. The lowest BCUT2D eigenvalue weighted by molar-refractivity contribution is 0.669. The van der Waals surface area contributed by atoms with Crippen LogP contribution in [0.5, 0.6) is 0 Å². The first kappa shape index (κ1) is 34.5. The molecule has 59 heavy (non-hydrogen) atoms. The monoisotopic (exact) mass is 755 g/mol. The third-order valence-electron chi connectivity index (χ3n) is 11.4. The summed E-state index contributed by atoms with van der Waals surface area (Å²) in [5.74, 6) is 0.700. The van der Waals surface area contributed by atoms with Crippen LogP contribution in [-0.4, -0.2) is 15.0 Å². The Labute approximate surface area is 342 Å². The van der Waals surface area contributed by atoms with Crippen molar-refractivity contribution in [2.24, 2.45) is 0 Å². The summed E-state index contributed by atoms with van der Waals surface area (Å²) >= 11 is 0. The number of aryl methyl sites for hydroxylation is 2. The predicted molar refractivity (Wildman–Crippen MR) is 244 cm³/mol. The SMILES string of the molecule is Cc1ccc(-c2cc(-c3ccc(-c4c5c(cc6c(-c7ccc(-c8ccccc8)cc7)nc7ccccc7c46)oc4ccccc45)cc3)nc(-c3ccc(C)cc3)n2)cc1. The molecule has 0 bridgehead atoms. The number of aromatic nitrogens is 3. The van der Waals surface area contributed by atoms with E-state index in [2.05, 4.69) is 190 Å². The molecule has 11 rings (SSSR count). The standard InChI is InChI=1S/C55H37N3O/c1-34-16-20-38(21-17-34)47-33-48(58-55(57-47)42-22-18-35(2)19-23-42)39-26-28-40(29-27-39)51-52-43-12-6-8-14-46(43)56-54(41-30-24-37(25-31-41)36-10-4-3-5-11-36)45(52)32-50-53(51)44-13-7-9-15-49(44)59-50/h3-33H,1-2H3. The first-order chi connectivity index (χ1) is 29.0. The average Bonchev–Trinajstić information content (AvgIpc) is 3.67. The zero-order chi connectivity index (χ0) is 39.5. The summed E-state index contributed by atoms with van der Waals surface area (Å²) in [6.07, 6.45) is 0. The largest absolute Gasteiger partial charge is 0.456 e. The van der Waals surface area contributed by atoms with Crippen molar-refractivity contribution in [3.8, 4) is 67.4 Å². The molecule has 0 aliphatic rings. The normalized spacial score (nSPS) is 11.6. The second kappa shape index (κ2) is 14.0. The Hall–Kier alpha value is -7.69. The van der Waals surface area contributed by atoms with Gasteiger partial charge in [-0.05, 0) is 54.8 Å². The van der Waals surface area contributed by atoms with Crippen LogP contribution in [0.2, 0.25) is 0 Å². The van der Waals surface area contributed by atoms with Crippen molar-refractivity contribution in [3.05, 3.63) is 199 Å². The topological polar surface area (TPSA) is 51.8 Å². The molecule has 11 aromatic rings. The van der Waals surface area contributed by atoms with E-state index in [1.807, 2.05) is 12.1 Å². The summed E-state index contributed by atoms with van der Waals surface area (Å²) in [5.41, 5.74) is 16.4. The molecular formula is C55H37N3O. The number of hydrogen-bond donors (Lipinski definition) is 0. The van der Waals surface area contributed by atoms with Crippen molar-refractivity contribution in [2.75, 3.05) is 0 Å². The maximum atomic E-state index is 6.68. The van der Waals surface area contributed by atoms with Crippen LogP contribution in [0.1, 0.15) is 11.1 Å². The van der Waals surface area contributed by atoms with Crippen LogP contribution in [-0.2, 0) is 0 Å². The first-order valence-corrected chi connectivity index (χ1v) is 20.0. The van der Waals surface area contributed by atoms with Crippen molar-refractivity contribution < 1.29 is 4.42 Å². The number of benzene rings is 8. The lowest BCUT2D eigenvalue weighted by atomic mass is 9.89. The van der Waals surface area contributed by atoms with Gasteiger partial charge < -0.3 is 4.42 Å². The van der Waals surface area contributed by atoms with Gasteiger partial charge in [-0.25, -0.2) is 15.0 Å². The van der Waals surface area contributed by atoms with Crippen molar-refractivity contribution in [3.63, 3.8) is 0 Å². The van der Waals surface area contributed by atoms with Gasteiger partial charge in [0, 0.05) is 54.7 Å². The van der Waals surface area contributed by atoms with Gasteiger partial charge in [-0.3, -0.25) is 0 Å². The van der Waals surface area contributed by atoms with Crippen LogP contribution < -0.4 is 0 Å². The molecule has 4 nitrogen and oxygen atoms in total. The molecule has 4 heteroatoms. The Balaban J connectivity index is 1.13. The van der Waals surface area contributed by atoms with Gasteiger partial charge in [-0.2, -0.15) is 0 Å². The molecule has 8 aromatic carbocycles. The summed E-state index contributed by atoms with van der Waals surface area (Å²) in [6, 6.07) is 66.2. The highest BCUT2D eigenvalue weighted by molar-refractivity contribution is 6.27. The highest BCUT2D eigenvalue weighted by Gasteiger charge is 2.22. The van der Waals surface area contributed by atoms with E-state index in [0.29, 0.717) is 5.82 Å². The number of pyridine rings is 1. The van der Waals surface area contributed by atoms with E-state index < -0.39 is 0 Å². The van der Waals surface area contributed by atoms with Crippen LogP contribution in [0, 0.1) is 13.8 Å². The number of nitrogens with zero attached hydrogens (tertiary/aromatic N) is 3. The van der Waals surface area contributed by atoms with E-state index in [4.69, 9.17) is 19.4 Å². The van der Waals surface area contributed by atoms with Crippen molar-refractivity contribution in [1.29, 1.82) is 0 Å². The van der Waals surface area contributed by atoms with E-state index in [1.54, 1.807) is 0 Å². The van der Waals surface area contributed by atoms with E-state index >= 15 is 0 Å². The Morgan fingerprint density at radius 2 is 0.881 bits per heavy atom. The molecule has 0 fully saturated rings. The molecule has 0 unspecified atom stereocenters. The van der Waals surface area contributed by atoms with Gasteiger partial charge >= 0.3 is 0 Å². The minimum absolute atomic E-state index is 0.700. The van der Waals surface area contributed by atoms with Gasteiger partial charge in [-0.1, -0.05) is 175 Å². The molecule has 278 valence electrons. The summed E-state index contributed by atoms with van der Waals surface area (Å²) < 4.78 is 6.68. The van der Waals surface area contributed by atoms with Crippen LogP contribution in [0.4, 0.5) is 0 Å². The molecule has 0 saturated carbocycles. The Morgan fingerprint density at radius 1 is 0.356 bits per heavy atom. The number of fused-ring (bicyclic) bond motifs is 6. The molecule has 3 heterocycles. The number of para-hydroxylation sites is 2. The van der Waals surface area contributed by atoms with Crippen LogP contribution in [0.25, 0.3) is 111 Å². The minimum atomic E-state index is 0.700. The fourth-order valence-corrected chi connectivity index (χ4v) is 8.38. The quantitative estimate of drug-likeness (QED) is 0.159. The highest BCUT2D eigenvalue weighted by atomic mass is 16.3. The van der Waals surface area contributed by atoms with Gasteiger partial charge in [0.15, 0.2) is 5.82 Å². The molecule has 0 aliphatic carbocycles. The molecule has 0 amide bonds. The lowest BCUT2D eigenvalue weighted by Gasteiger charge is -2.16. The van der Waals surface area contributed by atoms with Crippen molar-refractivity contribution >= 4 is 43.6 Å². The Morgan fingerprint density at radius 3 is 1.58 bits per heavy atom. The van der Waals surface area contributed by atoms with Gasteiger partial charge in [0.05, 0.1) is 22.6 Å². The number of hydrogen-bond acceptors (Lipinski definition) is 4. The van der Waals surface area contributed by atoms with Gasteiger partial charge in [0.25, 0.3) is 0 Å². The smallest absolute Gasteiger partial charge is 0.160 e. The zero-order valence-corrected chi connectivity index (χ0v) is 32.6. The molecule has 0 aliphatic heterocycles. The lowest BCUT2D eigenvalue weighted by Crippen LogP contribution is -1.96. The average molecular weight is 756 g/mol. The second-order valence-electron chi connectivity index (χ2n) is 15.3. The van der Waals surface area contributed by atoms with Crippen LogP contribution >= 0.6 is 0 Å². The van der Waals surface area contributed by atoms with E-state index in [9.17, 15) is 0 Å². The third-order valence-corrected chi connectivity index (χ3v) is 11.4. The van der Waals surface area contributed by atoms with Crippen molar-refractivity contribution in [1.82, 2.24) is 15.0 Å². The maximum Gasteiger partial charge on any atom is 0.160 e. The van der Waals surface area contributed by atoms with Crippen molar-refractivity contribution in [2.45, 2.75) is 13.8 Å². The van der Waals surface area contributed by atoms with Crippen LogP contribution in [0.3, 0.4) is 0 Å². The Kier molecular flexibility index (Phi) is 8.23. The van der Waals surface area contributed by atoms with Crippen LogP contribution in [0.15, 0.2) is 192 Å². The van der Waals surface area contributed by atoms with E-state index in [1.165, 1.54) is 22.3 Å². The minimum Gasteiger partial charge on any atom is -0.456 e. The predicted octanol–water partition coefficient (Wildman–Crippen LogP) is 14.7. The molecule has 0 atom stereocenters. The Bertz CT molecular complexity index is 3290. The fraction of sp³-hybridized carbons (Fsp3) is 0.0364. The second-order valence-corrected chi connectivity index (χ2v) is 15.3. The first-order valence-electron chi connectivity index (χ1n) is 20.0. The summed E-state index contributed by atoms with van der Waals surface area (Å²) in [6.45, 7) is 4.20. The number of rotatable bonds is 6. The summed E-state index contributed by atoms with van der Waals surface area (Å²) in [7, 11) is 0. The summed E-state index contributed by atoms with van der Waals surface area (Å²) in [4.78, 5) is 15.6. The molecule has 0 saturated heterocycles. The third kappa shape index (κ3) is 6.14. The number of furan rings is 1. The molecular weight excluding hydrogens is 719 g/mol. The van der Waals surface area contributed by atoms with Gasteiger partial charge in [0.2, 0.25) is 0 Å². The molecule has 0 spiro atoms. The van der Waals surface area contributed by atoms with Gasteiger partial charge in [0.1, 0.15) is 11.2 Å². The zero-order valence-electron chi connectivity index (χ0n) is 32.6. The van der Waals surface area contributed by atoms with Gasteiger partial charge in [-0.15, -0.1) is 0 Å². The molecule has 0 N–H and O–H groups in total. The van der Waals surface area contributed by atoms with E-state index in [0.717, 1.165) is 94.1 Å². The van der Waals surface area contributed by atoms with E-state index in [-0.39, 0.29) is 0 Å². The molecule has 0 radical (unpaired) electrons.